The van der Waals surface area contributed by atoms with Crippen LogP contribution in [0, 0.1) is 0 Å². The Kier molecular flexibility index (Phi) is 12.1. The average molecular weight is 183 g/mol. The molecule has 0 aromatic heterocycles. The summed E-state index contributed by atoms with van der Waals surface area (Å²) < 4.78 is 0. The number of nitrogens with one attached hydrogen (secondary N) is 2. The van der Waals surface area contributed by atoms with Crippen molar-refractivity contribution in [3.8, 4) is 0 Å². The van der Waals surface area contributed by atoms with E-state index in [0.717, 1.165) is 0 Å². The molecule has 4 nitrogen and oxygen atoms in total. The third-order valence-corrected chi connectivity index (χ3v) is 1.17. The number of hydrogen-bond donors (Lipinski definition) is 2. The smallest absolute Gasteiger partial charge is 0.667 e. The molecule has 0 saturated carbocycles. The zero-order chi connectivity index (χ0) is 7.98. The van der Waals surface area contributed by atoms with E-state index in [1.165, 1.54) is 0 Å². The van der Waals surface area contributed by atoms with Crippen molar-refractivity contribution in [2.24, 2.45) is 5.73 Å². The number of nitrogens with two attached hydrogens (primary N) is 1. The molecule has 0 aliphatic rings. The molecule has 0 aliphatic heterocycles. The first-order valence-electron chi connectivity index (χ1n) is 3.41. The Hall–Kier alpha value is 1.03. The van der Waals surface area contributed by atoms with Crippen molar-refractivity contribution in [1.82, 2.24) is 5.32 Å². The largest absolute Gasteiger partial charge is 1.00 e. The van der Waals surface area contributed by atoms with Crippen LogP contribution in [-0.2, 0) is 4.79 Å². The molecular weight excluding hydrogens is 169 g/mol. The summed E-state index contributed by atoms with van der Waals surface area (Å²) in [5.41, 5.74) is 12.3. The van der Waals surface area contributed by atoms with Crippen molar-refractivity contribution in [2.45, 2.75) is 19.4 Å². The third kappa shape index (κ3) is 7.39. The minimum atomic E-state index is -0.633. The van der Waals surface area contributed by atoms with E-state index in [0.29, 0.717) is 19.5 Å². The summed E-state index contributed by atoms with van der Waals surface area (Å²) in [6.07, 6.45) is 0.552. The Labute approximate surface area is 110 Å². The molecule has 0 heterocycles. The first-order chi connectivity index (χ1) is 4.72. The topological polar surface area (TPSA) is 78.9 Å². The van der Waals surface area contributed by atoms with Crippen LogP contribution in [0.3, 0.4) is 0 Å². The number of amides is 1. The molecule has 1 atom stereocenters. The molecule has 11 heavy (non-hydrogen) atoms. The van der Waals surface area contributed by atoms with Crippen molar-refractivity contribution in [2.75, 3.05) is 13.1 Å². The van der Waals surface area contributed by atoms with Gasteiger partial charge in [-0.3, -0.25) is 4.79 Å². The number of carbonyl (C=O) groups excluding carboxylic acids is 1. The monoisotopic (exact) mass is 183 g/mol. The van der Waals surface area contributed by atoms with Gasteiger partial charge in [-0.2, -0.15) is 0 Å². The molecule has 0 fully saturated rings. The van der Waals surface area contributed by atoms with Gasteiger partial charge in [-0.25, -0.2) is 0 Å². The van der Waals surface area contributed by atoms with Gasteiger partial charge < -0.3 is 16.8 Å². The van der Waals surface area contributed by atoms with Crippen molar-refractivity contribution in [3.05, 3.63) is 5.73 Å². The first-order valence-corrected chi connectivity index (χ1v) is 3.41. The van der Waals surface area contributed by atoms with E-state index >= 15 is 0 Å². The number of rotatable bonds is 4. The van der Waals surface area contributed by atoms with Gasteiger partial charge in [0.05, 0.1) is 0 Å². The fourth-order valence-corrected chi connectivity index (χ4v) is 0.504. The third-order valence-electron chi connectivity index (χ3n) is 1.17. The van der Waals surface area contributed by atoms with E-state index in [-0.39, 0.29) is 57.3 Å². The molecule has 0 radical (unpaired) electrons. The minimum Gasteiger partial charge on any atom is -0.667 e. The summed E-state index contributed by atoms with van der Waals surface area (Å²) >= 11 is 0. The second-order valence-electron chi connectivity index (χ2n) is 2.04. The summed E-state index contributed by atoms with van der Waals surface area (Å²) in [5, 5.41) is 2.53. The molecule has 0 aromatic carbocycles. The molecule has 5 heteroatoms. The van der Waals surface area contributed by atoms with Crippen molar-refractivity contribution >= 4 is 5.91 Å². The van der Waals surface area contributed by atoms with Gasteiger partial charge >= 0.3 is 51.4 Å². The van der Waals surface area contributed by atoms with Gasteiger partial charge in [0.2, 0.25) is 5.91 Å². The van der Waals surface area contributed by atoms with Crippen molar-refractivity contribution < 1.29 is 56.2 Å². The van der Waals surface area contributed by atoms with Crippen LogP contribution >= 0.6 is 0 Å². The normalized spacial score (nSPS) is 11.5. The Bertz CT molecular complexity index is 110. The van der Waals surface area contributed by atoms with E-state index < -0.39 is 6.04 Å². The summed E-state index contributed by atoms with van der Waals surface area (Å²) in [6, 6.07) is -0.633. The van der Waals surface area contributed by atoms with Crippen LogP contribution in [0.2, 0.25) is 0 Å². The van der Waals surface area contributed by atoms with Gasteiger partial charge in [0.1, 0.15) is 0 Å². The Morgan fingerprint density at radius 3 is 2.64 bits per heavy atom. The van der Waals surface area contributed by atoms with Gasteiger partial charge in [0.25, 0.3) is 0 Å². The zero-order valence-electron chi connectivity index (χ0n) is 7.18. The van der Waals surface area contributed by atoms with E-state index in [1.807, 2.05) is 0 Å². The van der Waals surface area contributed by atoms with Crippen LogP contribution < -0.4 is 62.4 Å². The second kappa shape index (κ2) is 9.12. The van der Waals surface area contributed by atoms with Crippen molar-refractivity contribution in [1.29, 1.82) is 0 Å². The Balaban J connectivity index is 0. The summed E-state index contributed by atoms with van der Waals surface area (Å²) in [5.74, 6) is -0.229. The number of hydrogen-bond acceptors (Lipinski definition) is 2. The molecule has 4 N–H and O–H groups in total. The molecule has 0 aromatic rings. The predicted octanol–water partition coefficient (Wildman–Crippen LogP) is -3.10. The van der Waals surface area contributed by atoms with Crippen molar-refractivity contribution in [3.63, 3.8) is 0 Å². The van der Waals surface area contributed by atoms with Gasteiger partial charge in [0.15, 0.2) is 0 Å². The van der Waals surface area contributed by atoms with Crippen LogP contribution in [-0.4, -0.2) is 25.0 Å². The van der Waals surface area contributed by atoms with E-state index in [2.05, 4.69) is 5.32 Å². The molecule has 0 bridgehead atoms. The van der Waals surface area contributed by atoms with Crippen LogP contribution in [0.25, 0.3) is 5.73 Å². The molecular formula is C6H14KN3O. The van der Waals surface area contributed by atoms with Gasteiger partial charge in [-0.15, -0.1) is 0 Å². The van der Waals surface area contributed by atoms with Crippen LogP contribution in [0.4, 0.5) is 0 Å². The predicted molar refractivity (Wildman–Crippen MR) is 40.5 cm³/mol. The fraction of sp³-hybridized carbons (Fsp3) is 0.833. The maximum Gasteiger partial charge on any atom is 1.00 e. The molecule has 1 unspecified atom stereocenters. The minimum absolute atomic E-state index is 0. The average Bonchev–Trinajstić information content (AvgIpc) is 1.98. The Morgan fingerprint density at radius 1 is 1.73 bits per heavy atom. The quantitative estimate of drug-likeness (QED) is 0.453. The molecule has 0 spiro atoms. The molecule has 60 valence electrons. The van der Waals surface area contributed by atoms with Crippen LogP contribution in [0.15, 0.2) is 0 Å². The van der Waals surface area contributed by atoms with Crippen LogP contribution in [0.5, 0.6) is 0 Å². The Morgan fingerprint density at radius 2 is 2.27 bits per heavy atom. The second-order valence-corrected chi connectivity index (χ2v) is 2.04. The fourth-order valence-electron chi connectivity index (χ4n) is 0.504. The molecule has 0 saturated heterocycles. The van der Waals surface area contributed by atoms with E-state index in [9.17, 15) is 4.79 Å². The first kappa shape index (κ1) is 14.5. The van der Waals surface area contributed by atoms with E-state index in [4.69, 9.17) is 11.5 Å². The summed E-state index contributed by atoms with van der Waals surface area (Å²) in [4.78, 5) is 10.8. The molecule has 1 amide bonds. The van der Waals surface area contributed by atoms with Gasteiger partial charge in [-0.05, 0) is 0 Å². The van der Waals surface area contributed by atoms with Crippen LogP contribution in [0.1, 0.15) is 13.3 Å². The molecule has 0 aliphatic carbocycles. The van der Waals surface area contributed by atoms with E-state index in [1.54, 1.807) is 6.92 Å². The zero-order valence-corrected chi connectivity index (χ0v) is 10.3. The maximum atomic E-state index is 10.8. The SMILES string of the molecule is CCC([NH-])C(=O)NCCN.[K+]. The number of carbonyl (C=O) groups is 1. The van der Waals surface area contributed by atoms with Gasteiger partial charge in [-0.1, -0.05) is 19.4 Å². The standard InChI is InChI=1S/C6H14N3O.K/c1-2-5(8)6(10)9-4-3-7;/h5,8H,2-4,7H2,1H3,(H,9,10);/q-1;+1. The molecule has 0 rings (SSSR count). The van der Waals surface area contributed by atoms with Gasteiger partial charge in [0, 0.05) is 13.1 Å². The summed E-state index contributed by atoms with van der Waals surface area (Å²) in [7, 11) is 0. The summed E-state index contributed by atoms with van der Waals surface area (Å²) in [6.45, 7) is 2.70. The maximum absolute atomic E-state index is 10.8.